The lowest BCUT2D eigenvalue weighted by Crippen LogP contribution is -2.33. The van der Waals surface area contributed by atoms with Crippen LogP contribution in [-0.4, -0.2) is 24.5 Å². The molecule has 0 saturated carbocycles. The maximum atomic E-state index is 13.2. The lowest BCUT2D eigenvalue weighted by molar-refractivity contribution is -0.118. The van der Waals surface area contributed by atoms with Gasteiger partial charge in [-0.1, -0.05) is 51.5 Å². The molecule has 0 radical (unpaired) electrons. The average molecular weight is 490 g/mol. The second-order valence-electron chi connectivity index (χ2n) is 10.8. The third-order valence-corrected chi connectivity index (χ3v) is 7.28. The molecule has 0 atom stereocenters. The van der Waals surface area contributed by atoms with E-state index in [1.165, 1.54) is 39.8 Å². The number of aryl methyl sites for hydroxylation is 1. The van der Waals surface area contributed by atoms with E-state index in [-0.39, 0.29) is 23.2 Å². The van der Waals surface area contributed by atoms with Crippen LogP contribution < -0.4 is 4.72 Å². The number of carbonyl (C=O) groups is 1. The highest BCUT2D eigenvalue weighted by Crippen LogP contribution is 2.31. The molecule has 1 amide bonds. The van der Waals surface area contributed by atoms with E-state index in [1.807, 2.05) is 6.92 Å². The predicted octanol–water partition coefficient (Wildman–Crippen LogP) is 4.74. The van der Waals surface area contributed by atoms with E-state index < -0.39 is 27.1 Å². The van der Waals surface area contributed by atoms with E-state index in [1.54, 1.807) is 6.07 Å². The summed E-state index contributed by atoms with van der Waals surface area (Å²) >= 11 is 0. The van der Waals surface area contributed by atoms with Crippen molar-refractivity contribution in [3.63, 3.8) is 0 Å². The van der Waals surface area contributed by atoms with Gasteiger partial charge in [-0.3, -0.25) is 4.79 Å². The Kier molecular flexibility index (Phi) is 8.08. The van der Waals surface area contributed by atoms with Crippen molar-refractivity contribution in [3.05, 3.63) is 63.7 Å². The molecule has 2 aromatic carbocycles. The third kappa shape index (κ3) is 6.68. The number of hydrogen-bond acceptors (Lipinski definition) is 5. The lowest BCUT2D eigenvalue weighted by Gasteiger charge is -2.24. The van der Waals surface area contributed by atoms with E-state index in [2.05, 4.69) is 44.5 Å². The number of amides is 1. The third-order valence-electron chi connectivity index (χ3n) is 5.92. The van der Waals surface area contributed by atoms with E-state index in [9.17, 15) is 23.4 Å². The van der Waals surface area contributed by atoms with Gasteiger partial charge in [0.1, 0.15) is 0 Å². The summed E-state index contributed by atoms with van der Waals surface area (Å²) in [7, 11) is -4.24. The maximum Gasteiger partial charge on any atom is 0.264 e. The first-order valence-electron chi connectivity index (χ1n) is 11.6. The SMILES string of the molecule is Cc1cc(C(C)C)c(CC(=O)NS(=O)(=O)c2cc(C(C)(C)O)cc(C(C)(C)O)c2)c(C(C)C)c1. The highest BCUT2D eigenvalue weighted by Gasteiger charge is 2.28. The number of hydrogen-bond donors (Lipinski definition) is 3. The fourth-order valence-electron chi connectivity index (χ4n) is 3.97. The topological polar surface area (TPSA) is 104 Å². The van der Waals surface area contributed by atoms with Crippen LogP contribution in [0.1, 0.15) is 101 Å². The van der Waals surface area contributed by atoms with Gasteiger partial charge in [-0.25, -0.2) is 13.1 Å². The first-order valence-corrected chi connectivity index (χ1v) is 13.1. The summed E-state index contributed by atoms with van der Waals surface area (Å²) in [4.78, 5) is 12.8. The molecule has 3 N–H and O–H groups in total. The van der Waals surface area contributed by atoms with Crippen molar-refractivity contribution in [2.24, 2.45) is 0 Å². The highest BCUT2D eigenvalue weighted by molar-refractivity contribution is 7.90. The van der Waals surface area contributed by atoms with Gasteiger partial charge in [0.15, 0.2) is 0 Å². The zero-order valence-corrected chi connectivity index (χ0v) is 22.6. The molecule has 6 nitrogen and oxygen atoms in total. The molecular formula is C27H39NO5S. The second kappa shape index (κ2) is 9.80. The van der Waals surface area contributed by atoms with Gasteiger partial charge in [0.05, 0.1) is 22.5 Å². The van der Waals surface area contributed by atoms with Crippen LogP contribution in [0.2, 0.25) is 0 Å². The minimum Gasteiger partial charge on any atom is -0.386 e. The molecule has 0 heterocycles. The number of nitrogens with one attached hydrogen (secondary N) is 1. The second-order valence-corrected chi connectivity index (χ2v) is 12.5. The Bertz CT molecular complexity index is 1110. The monoisotopic (exact) mass is 489 g/mol. The average Bonchev–Trinajstić information content (AvgIpc) is 2.66. The Labute approximate surface area is 204 Å². The summed E-state index contributed by atoms with van der Waals surface area (Å²) in [5.41, 5.74) is 1.99. The fourth-order valence-corrected chi connectivity index (χ4v) is 5.03. The molecule has 0 aromatic heterocycles. The minimum absolute atomic E-state index is 0.0654. The normalized spacial score (nSPS) is 13.0. The van der Waals surface area contributed by atoms with Gasteiger partial charge in [-0.15, -0.1) is 0 Å². The van der Waals surface area contributed by atoms with Crippen LogP contribution >= 0.6 is 0 Å². The molecular weight excluding hydrogens is 450 g/mol. The summed E-state index contributed by atoms with van der Waals surface area (Å²) in [6.45, 7) is 16.4. The molecule has 2 rings (SSSR count). The van der Waals surface area contributed by atoms with Crippen molar-refractivity contribution < 1.29 is 23.4 Å². The van der Waals surface area contributed by atoms with Crippen molar-refractivity contribution >= 4 is 15.9 Å². The Morgan fingerprint density at radius 1 is 0.853 bits per heavy atom. The molecule has 0 fully saturated rings. The number of benzene rings is 2. The van der Waals surface area contributed by atoms with Crippen molar-refractivity contribution in [1.82, 2.24) is 4.72 Å². The Morgan fingerprint density at radius 2 is 1.26 bits per heavy atom. The van der Waals surface area contributed by atoms with Crippen molar-refractivity contribution in [3.8, 4) is 0 Å². The standard InChI is InChI=1S/C27H39NO5S/c1-16(2)22-10-18(5)11-23(17(3)4)24(22)15-25(29)28-34(32,33)21-13-19(26(6,7)30)12-20(14-21)27(8,9)31/h10-14,16-17,30-31H,15H2,1-9H3,(H,28,29). The summed E-state index contributed by atoms with van der Waals surface area (Å²) in [5.74, 6) is -0.282. The first kappa shape index (κ1) is 28.0. The van der Waals surface area contributed by atoms with Crippen LogP contribution in [0.15, 0.2) is 35.2 Å². The van der Waals surface area contributed by atoms with Crippen LogP contribution in [-0.2, 0) is 32.4 Å². The van der Waals surface area contributed by atoms with E-state index in [4.69, 9.17) is 0 Å². The zero-order valence-electron chi connectivity index (χ0n) is 21.8. The summed E-state index contributed by atoms with van der Waals surface area (Å²) in [6.07, 6.45) is -0.0654. The molecule has 0 bridgehead atoms. The van der Waals surface area contributed by atoms with Gasteiger partial charge in [-0.2, -0.15) is 0 Å². The van der Waals surface area contributed by atoms with Gasteiger partial charge >= 0.3 is 0 Å². The smallest absolute Gasteiger partial charge is 0.264 e. The minimum atomic E-state index is -4.24. The van der Waals surface area contributed by atoms with Crippen molar-refractivity contribution in [2.45, 2.75) is 96.7 Å². The summed E-state index contributed by atoms with van der Waals surface area (Å²) in [5, 5.41) is 20.9. The van der Waals surface area contributed by atoms with Gasteiger partial charge in [0.2, 0.25) is 5.91 Å². The van der Waals surface area contributed by atoms with Gasteiger partial charge < -0.3 is 10.2 Å². The Hall–Kier alpha value is -2.22. The molecule has 0 aliphatic carbocycles. The van der Waals surface area contributed by atoms with Gasteiger partial charge in [0, 0.05) is 0 Å². The van der Waals surface area contributed by atoms with Crippen molar-refractivity contribution in [2.75, 3.05) is 0 Å². The molecule has 34 heavy (non-hydrogen) atoms. The van der Waals surface area contributed by atoms with E-state index >= 15 is 0 Å². The zero-order chi connectivity index (χ0) is 26.2. The van der Waals surface area contributed by atoms with Gasteiger partial charge in [0.25, 0.3) is 10.0 Å². The first-order chi connectivity index (χ1) is 15.3. The molecule has 0 saturated heterocycles. The number of aliphatic hydroxyl groups is 2. The molecule has 7 heteroatoms. The molecule has 2 aromatic rings. The highest BCUT2D eigenvalue weighted by atomic mass is 32.2. The lowest BCUT2D eigenvalue weighted by atomic mass is 9.85. The van der Waals surface area contributed by atoms with Crippen LogP contribution in [0.4, 0.5) is 0 Å². The summed E-state index contributed by atoms with van der Waals surface area (Å²) in [6, 6.07) is 8.33. The van der Waals surface area contributed by atoms with Crippen LogP contribution in [0, 0.1) is 6.92 Å². The molecule has 0 spiro atoms. The van der Waals surface area contributed by atoms with Crippen LogP contribution in [0.5, 0.6) is 0 Å². The molecule has 188 valence electrons. The number of sulfonamides is 1. The van der Waals surface area contributed by atoms with Gasteiger partial charge in [-0.05, 0) is 86.4 Å². The Balaban J connectivity index is 2.49. The number of carbonyl (C=O) groups excluding carboxylic acids is 1. The maximum absolute atomic E-state index is 13.2. The predicted molar refractivity (Wildman–Crippen MR) is 135 cm³/mol. The molecule has 0 aliphatic rings. The summed E-state index contributed by atoms with van der Waals surface area (Å²) < 4.78 is 28.6. The van der Waals surface area contributed by atoms with E-state index in [0.29, 0.717) is 11.1 Å². The Morgan fingerprint density at radius 3 is 1.62 bits per heavy atom. The fraction of sp³-hybridized carbons (Fsp3) is 0.519. The van der Waals surface area contributed by atoms with Crippen LogP contribution in [0.25, 0.3) is 0 Å². The molecule has 0 aliphatic heterocycles. The molecule has 0 unspecified atom stereocenters. The van der Waals surface area contributed by atoms with Crippen LogP contribution in [0.3, 0.4) is 0 Å². The largest absolute Gasteiger partial charge is 0.386 e. The number of rotatable bonds is 8. The van der Waals surface area contributed by atoms with E-state index in [0.717, 1.165) is 22.3 Å². The van der Waals surface area contributed by atoms with Crippen molar-refractivity contribution in [1.29, 1.82) is 0 Å². The quantitative estimate of drug-likeness (QED) is 0.497.